The van der Waals surface area contributed by atoms with E-state index in [-0.39, 0.29) is 18.2 Å². The van der Waals surface area contributed by atoms with Crippen LogP contribution in [0.5, 0.6) is 11.5 Å². The number of hydrogen-bond donors (Lipinski definition) is 2. The molecular weight excluding hydrogens is 348 g/mol. The Morgan fingerprint density at radius 3 is 2.81 bits per heavy atom. The van der Waals surface area contributed by atoms with Crippen molar-refractivity contribution >= 4 is 34.5 Å². The Kier molecular flexibility index (Phi) is 4.15. The maximum atomic E-state index is 12.6. The Bertz CT molecular complexity index is 1040. The molecule has 8 heteroatoms. The smallest absolute Gasteiger partial charge is 0.250 e. The molecule has 0 saturated carbocycles. The van der Waals surface area contributed by atoms with Gasteiger partial charge in [0.15, 0.2) is 0 Å². The second-order valence-corrected chi connectivity index (χ2v) is 6.12. The summed E-state index contributed by atoms with van der Waals surface area (Å²) in [6.07, 6.45) is -0.0282. The fraction of sp³-hybridized carbons (Fsp3) is 0.211. The van der Waals surface area contributed by atoms with E-state index >= 15 is 0 Å². The van der Waals surface area contributed by atoms with Crippen molar-refractivity contribution in [1.82, 2.24) is 9.55 Å². The Hall–Kier alpha value is -3.55. The maximum Gasteiger partial charge on any atom is 0.250 e. The summed E-state index contributed by atoms with van der Waals surface area (Å²) >= 11 is 0. The second-order valence-electron chi connectivity index (χ2n) is 6.12. The quantitative estimate of drug-likeness (QED) is 0.724. The molecule has 0 spiro atoms. The highest BCUT2D eigenvalue weighted by Crippen LogP contribution is 2.33. The average molecular weight is 366 g/mol. The van der Waals surface area contributed by atoms with E-state index in [0.29, 0.717) is 23.1 Å². The minimum Gasteiger partial charge on any atom is -0.497 e. The summed E-state index contributed by atoms with van der Waals surface area (Å²) in [7, 11) is 3.06. The molecule has 1 aliphatic rings. The molecule has 27 heavy (non-hydrogen) atoms. The minimum absolute atomic E-state index is 0.0282. The van der Waals surface area contributed by atoms with Gasteiger partial charge >= 0.3 is 0 Å². The first-order chi connectivity index (χ1) is 13.1. The molecular formula is C19H18N4O4. The Labute approximate surface area is 155 Å². The lowest BCUT2D eigenvalue weighted by atomic mass is 10.1. The van der Waals surface area contributed by atoms with E-state index in [1.165, 1.54) is 7.11 Å². The molecule has 1 atom stereocenters. The molecule has 0 bridgehead atoms. The van der Waals surface area contributed by atoms with Crippen LogP contribution in [0.2, 0.25) is 0 Å². The predicted molar refractivity (Wildman–Crippen MR) is 100 cm³/mol. The van der Waals surface area contributed by atoms with E-state index in [2.05, 4.69) is 15.6 Å². The van der Waals surface area contributed by atoms with Crippen LogP contribution in [0.3, 0.4) is 0 Å². The van der Waals surface area contributed by atoms with Gasteiger partial charge in [-0.2, -0.15) is 0 Å². The summed E-state index contributed by atoms with van der Waals surface area (Å²) in [6, 6.07) is 11.9. The van der Waals surface area contributed by atoms with E-state index in [1.54, 1.807) is 29.9 Å². The van der Waals surface area contributed by atoms with Crippen LogP contribution >= 0.6 is 0 Å². The van der Waals surface area contributed by atoms with Gasteiger partial charge in [0.05, 0.1) is 37.4 Å². The molecule has 2 heterocycles. The SMILES string of the molecule is COc1ccc(OC)c(NC(=O)C[C@H]2C(=O)Nc3nc4ccccc4n32)c1. The minimum atomic E-state index is -0.663. The van der Waals surface area contributed by atoms with Crippen LogP contribution in [0.4, 0.5) is 11.6 Å². The zero-order valence-electron chi connectivity index (χ0n) is 14.9. The number of methoxy groups -OCH3 is 2. The molecule has 1 aromatic heterocycles. The summed E-state index contributed by atoms with van der Waals surface area (Å²) in [5, 5.41) is 5.53. The number of nitrogens with zero attached hydrogens (tertiary/aromatic N) is 2. The molecule has 2 aromatic carbocycles. The number of carbonyl (C=O) groups excluding carboxylic acids is 2. The molecule has 2 amide bonds. The van der Waals surface area contributed by atoms with Gasteiger partial charge in [-0.25, -0.2) is 4.98 Å². The Morgan fingerprint density at radius 1 is 1.22 bits per heavy atom. The fourth-order valence-electron chi connectivity index (χ4n) is 3.23. The number of nitrogens with one attached hydrogen (secondary N) is 2. The molecule has 0 fully saturated rings. The second kappa shape index (κ2) is 6.64. The van der Waals surface area contributed by atoms with Crippen LogP contribution < -0.4 is 20.1 Å². The first-order valence-corrected chi connectivity index (χ1v) is 8.40. The highest BCUT2D eigenvalue weighted by molar-refractivity contribution is 6.03. The molecule has 2 N–H and O–H groups in total. The third kappa shape index (κ3) is 2.95. The standard InChI is InChI=1S/C19H18N4O4/c1-26-11-7-8-16(27-2)13(9-11)20-17(24)10-15-18(25)22-19-21-12-5-3-4-6-14(12)23(15)19/h3-9,15H,10H2,1-2H3,(H,20,24)(H,21,22,25)/t15-/m0/s1. The highest BCUT2D eigenvalue weighted by Gasteiger charge is 2.34. The number of hydrogen-bond acceptors (Lipinski definition) is 5. The maximum absolute atomic E-state index is 12.6. The van der Waals surface area contributed by atoms with Crippen LogP contribution in [0.15, 0.2) is 42.5 Å². The molecule has 0 aliphatic carbocycles. The number of imidazole rings is 1. The van der Waals surface area contributed by atoms with E-state index in [9.17, 15) is 9.59 Å². The first kappa shape index (κ1) is 16.9. The first-order valence-electron chi connectivity index (χ1n) is 8.40. The number of rotatable bonds is 5. The van der Waals surface area contributed by atoms with Crippen molar-refractivity contribution in [3.8, 4) is 11.5 Å². The molecule has 4 rings (SSSR count). The number of para-hydroxylation sites is 2. The van der Waals surface area contributed by atoms with Gasteiger partial charge in [-0.1, -0.05) is 12.1 Å². The monoisotopic (exact) mass is 366 g/mol. The molecule has 3 aromatic rings. The Balaban J connectivity index is 1.59. The summed E-state index contributed by atoms with van der Waals surface area (Å²) < 4.78 is 12.2. The number of aromatic nitrogens is 2. The summed E-state index contributed by atoms with van der Waals surface area (Å²) in [4.78, 5) is 29.4. The van der Waals surface area contributed by atoms with Crippen molar-refractivity contribution in [3.05, 3.63) is 42.5 Å². The number of fused-ring (bicyclic) bond motifs is 3. The zero-order valence-corrected chi connectivity index (χ0v) is 14.9. The van der Waals surface area contributed by atoms with Gasteiger partial charge in [0, 0.05) is 6.07 Å². The number of anilines is 2. The fourth-order valence-corrected chi connectivity index (χ4v) is 3.23. The molecule has 8 nitrogen and oxygen atoms in total. The number of ether oxygens (including phenoxy) is 2. The lowest BCUT2D eigenvalue weighted by molar-refractivity contribution is -0.123. The van der Waals surface area contributed by atoms with Crippen LogP contribution in [0.25, 0.3) is 11.0 Å². The normalized spacial score (nSPS) is 15.3. The van der Waals surface area contributed by atoms with Gasteiger partial charge < -0.3 is 14.8 Å². The zero-order chi connectivity index (χ0) is 19.0. The molecule has 0 radical (unpaired) electrons. The van der Waals surface area contributed by atoms with Gasteiger partial charge in [-0.15, -0.1) is 0 Å². The average Bonchev–Trinajstić information content (AvgIpc) is 3.17. The largest absolute Gasteiger partial charge is 0.497 e. The Morgan fingerprint density at radius 2 is 2.04 bits per heavy atom. The van der Waals surface area contributed by atoms with Crippen molar-refractivity contribution in [3.63, 3.8) is 0 Å². The van der Waals surface area contributed by atoms with Crippen molar-refractivity contribution in [2.45, 2.75) is 12.5 Å². The molecule has 1 aliphatic heterocycles. The van der Waals surface area contributed by atoms with Crippen molar-refractivity contribution in [1.29, 1.82) is 0 Å². The predicted octanol–water partition coefficient (Wildman–Crippen LogP) is 2.58. The van der Waals surface area contributed by atoms with Gasteiger partial charge in [0.2, 0.25) is 17.8 Å². The molecule has 0 unspecified atom stereocenters. The summed E-state index contributed by atoms with van der Waals surface area (Å²) in [5.41, 5.74) is 2.06. The van der Waals surface area contributed by atoms with E-state index in [4.69, 9.17) is 9.47 Å². The van der Waals surface area contributed by atoms with Crippen LogP contribution in [-0.4, -0.2) is 35.6 Å². The van der Waals surface area contributed by atoms with Gasteiger partial charge in [0.25, 0.3) is 0 Å². The lowest BCUT2D eigenvalue weighted by Gasteiger charge is -2.14. The van der Waals surface area contributed by atoms with Gasteiger partial charge in [-0.3, -0.25) is 19.5 Å². The van der Waals surface area contributed by atoms with E-state index in [0.717, 1.165) is 11.0 Å². The third-order valence-corrected chi connectivity index (χ3v) is 4.50. The lowest BCUT2D eigenvalue weighted by Crippen LogP contribution is -2.23. The molecule has 138 valence electrons. The third-order valence-electron chi connectivity index (χ3n) is 4.50. The number of carbonyl (C=O) groups is 2. The number of benzene rings is 2. The van der Waals surface area contributed by atoms with Crippen molar-refractivity contribution in [2.24, 2.45) is 0 Å². The van der Waals surface area contributed by atoms with Crippen molar-refractivity contribution in [2.75, 3.05) is 24.9 Å². The van der Waals surface area contributed by atoms with Crippen LogP contribution in [-0.2, 0) is 9.59 Å². The van der Waals surface area contributed by atoms with Gasteiger partial charge in [-0.05, 0) is 24.3 Å². The van der Waals surface area contributed by atoms with Crippen LogP contribution in [0.1, 0.15) is 12.5 Å². The summed E-state index contributed by atoms with van der Waals surface area (Å²) in [5.74, 6) is 0.989. The van der Waals surface area contributed by atoms with Crippen LogP contribution in [0, 0.1) is 0 Å². The van der Waals surface area contributed by atoms with Gasteiger partial charge in [0.1, 0.15) is 17.5 Å². The van der Waals surface area contributed by atoms with Crippen molar-refractivity contribution < 1.29 is 19.1 Å². The number of amides is 2. The molecule has 0 saturated heterocycles. The van der Waals surface area contributed by atoms with E-state index < -0.39 is 6.04 Å². The topological polar surface area (TPSA) is 94.5 Å². The van der Waals surface area contributed by atoms with E-state index in [1.807, 2.05) is 24.3 Å². The summed E-state index contributed by atoms with van der Waals surface area (Å²) in [6.45, 7) is 0. The highest BCUT2D eigenvalue weighted by atomic mass is 16.5.